The number of rotatable bonds is 8. The first-order chi connectivity index (χ1) is 13.5. The van der Waals surface area contributed by atoms with Crippen molar-refractivity contribution in [2.75, 3.05) is 46.9 Å². The van der Waals surface area contributed by atoms with E-state index in [0.717, 1.165) is 19.6 Å². The Morgan fingerprint density at radius 2 is 1.76 bits per heavy atom. The van der Waals surface area contributed by atoms with Gasteiger partial charge in [0, 0.05) is 57.8 Å². The molecule has 1 aliphatic heterocycles. The maximum Gasteiger partial charge on any atom is 0.246 e. The molecule has 0 aromatic carbocycles. The van der Waals surface area contributed by atoms with Crippen LogP contribution in [0, 0.1) is 0 Å². The van der Waals surface area contributed by atoms with Crippen LogP contribution >= 0.6 is 0 Å². The van der Waals surface area contributed by atoms with E-state index in [2.05, 4.69) is 58.0 Å². The molecule has 1 N–H and O–H groups in total. The van der Waals surface area contributed by atoms with Gasteiger partial charge in [-0.3, -0.25) is 19.4 Å². The minimum Gasteiger partial charge on any atom is -0.395 e. The van der Waals surface area contributed by atoms with Crippen LogP contribution in [0.3, 0.4) is 0 Å². The van der Waals surface area contributed by atoms with Crippen LogP contribution in [0.5, 0.6) is 0 Å². The van der Waals surface area contributed by atoms with E-state index in [9.17, 15) is 14.7 Å². The SMILES string of the molecule is C=CC(=O)N1CCN(C(C)C)C(CO)C1.CCC(=O)N(C)CC(C)N(C)C(C)C. The van der Waals surface area contributed by atoms with Gasteiger partial charge >= 0.3 is 0 Å². The van der Waals surface area contributed by atoms with Gasteiger partial charge in [-0.25, -0.2) is 0 Å². The summed E-state index contributed by atoms with van der Waals surface area (Å²) in [4.78, 5) is 30.8. The Kier molecular flexibility index (Phi) is 13.0. The van der Waals surface area contributed by atoms with Gasteiger partial charge in [-0.05, 0) is 47.7 Å². The number of amides is 2. The summed E-state index contributed by atoms with van der Waals surface area (Å²) in [6, 6.07) is 1.40. The molecular formula is C22H44N4O3. The molecule has 1 rings (SSSR count). The van der Waals surface area contributed by atoms with E-state index in [-0.39, 0.29) is 24.5 Å². The fourth-order valence-electron chi connectivity index (χ4n) is 3.45. The number of aliphatic hydroxyl groups is 1. The molecule has 0 bridgehead atoms. The molecular weight excluding hydrogens is 368 g/mol. The van der Waals surface area contributed by atoms with E-state index >= 15 is 0 Å². The zero-order chi connectivity index (χ0) is 22.7. The van der Waals surface area contributed by atoms with Crippen LogP contribution in [0.1, 0.15) is 48.0 Å². The molecule has 2 atom stereocenters. The number of likely N-dealkylation sites (N-methyl/N-ethyl adjacent to an activating group) is 2. The van der Waals surface area contributed by atoms with Crippen molar-refractivity contribution in [2.24, 2.45) is 0 Å². The van der Waals surface area contributed by atoms with Gasteiger partial charge in [0.05, 0.1) is 12.6 Å². The number of hydrogen-bond acceptors (Lipinski definition) is 5. The monoisotopic (exact) mass is 412 g/mol. The van der Waals surface area contributed by atoms with Crippen molar-refractivity contribution >= 4 is 11.8 Å². The van der Waals surface area contributed by atoms with Gasteiger partial charge in [0.25, 0.3) is 0 Å². The average Bonchev–Trinajstić information content (AvgIpc) is 2.71. The third-order valence-electron chi connectivity index (χ3n) is 5.66. The smallest absolute Gasteiger partial charge is 0.246 e. The molecule has 0 saturated carbocycles. The lowest BCUT2D eigenvalue weighted by Crippen LogP contribution is -2.57. The fraction of sp³-hybridized carbons (Fsp3) is 0.818. The minimum absolute atomic E-state index is 0.0446. The zero-order valence-corrected chi connectivity index (χ0v) is 19.9. The second kappa shape index (κ2) is 13.7. The highest BCUT2D eigenvalue weighted by Gasteiger charge is 2.29. The summed E-state index contributed by atoms with van der Waals surface area (Å²) in [5, 5.41) is 9.28. The molecule has 1 heterocycles. The number of nitrogens with zero attached hydrogens (tertiary/aromatic N) is 4. The van der Waals surface area contributed by atoms with Crippen LogP contribution in [-0.2, 0) is 9.59 Å². The maximum atomic E-state index is 11.4. The Balaban J connectivity index is 0.000000543. The summed E-state index contributed by atoms with van der Waals surface area (Å²) < 4.78 is 0. The van der Waals surface area contributed by atoms with E-state index in [1.165, 1.54) is 6.08 Å². The Morgan fingerprint density at radius 1 is 1.17 bits per heavy atom. The molecule has 1 saturated heterocycles. The normalized spacial score (nSPS) is 18.5. The Labute approximate surface area is 178 Å². The van der Waals surface area contributed by atoms with Gasteiger partial charge in [0.2, 0.25) is 11.8 Å². The van der Waals surface area contributed by atoms with E-state index in [4.69, 9.17) is 0 Å². The molecule has 2 unspecified atom stereocenters. The molecule has 0 aromatic heterocycles. The second-order valence-electron chi connectivity index (χ2n) is 8.39. The highest BCUT2D eigenvalue weighted by molar-refractivity contribution is 5.87. The molecule has 0 spiro atoms. The number of hydrogen-bond donors (Lipinski definition) is 1. The summed E-state index contributed by atoms with van der Waals surface area (Å²) in [5.74, 6) is 0.172. The molecule has 29 heavy (non-hydrogen) atoms. The van der Waals surface area contributed by atoms with Crippen LogP contribution in [0.15, 0.2) is 12.7 Å². The second-order valence-corrected chi connectivity index (χ2v) is 8.39. The van der Waals surface area contributed by atoms with Crippen LogP contribution in [-0.4, -0.2) is 108 Å². The van der Waals surface area contributed by atoms with Crippen molar-refractivity contribution in [3.05, 3.63) is 12.7 Å². The molecule has 1 fully saturated rings. The molecule has 2 amide bonds. The van der Waals surface area contributed by atoms with Gasteiger partial charge in [-0.2, -0.15) is 0 Å². The van der Waals surface area contributed by atoms with Gasteiger partial charge in [0.1, 0.15) is 0 Å². The first-order valence-corrected chi connectivity index (χ1v) is 10.7. The van der Waals surface area contributed by atoms with Crippen molar-refractivity contribution < 1.29 is 14.7 Å². The highest BCUT2D eigenvalue weighted by Crippen LogP contribution is 2.13. The van der Waals surface area contributed by atoms with Crippen molar-refractivity contribution in [1.29, 1.82) is 0 Å². The van der Waals surface area contributed by atoms with Crippen LogP contribution in [0.25, 0.3) is 0 Å². The van der Waals surface area contributed by atoms with Gasteiger partial charge in [-0.1, -0.05) is 13.5 Å². The Bertz CT molecular complexity index is 510. The van der Waals surface area contributed by atoms with E-state index in [1.54, 1.807) is 4.90 Å². The van der Waals surface area contributed by atoms with E-state index < -0.39 is 0 Å². The molecule has 0 aromatic rings. The van der Waals surface area contributed by atoms with Gasteiger partial charge in [0.15, 0.2) is 0 Å². The van der Waals surface area contributed by atoms with Gasteiger partial charge in [-0.15, -0.1) is 0 Å². The predicted molar refractivity (Wildman–Crippen MR) is 120 cm³/mol. The topological polar surface area (TPSA) is 67.3 Å². The standard InChI is InChI=1S/C11H20N2O2.C11H24N2O/c1-4-11(15)12-5-6-13(9(2)3)10(7-12)8-14;1-7-11(14)12(5)8-10(4)13(6)9(2)3/h4,9-10,14H,1,5-8H2,2-3H3;9-10H,7-8H2,1-6H3. The molecule has 1 aliphatic rings. The first-order valence-electron chi connectivity index (χ1n) is 10.7. The summed E-state index contributed by atoms with van der Waals surface area (Å²) >= 11 is 0. The predicted octanol–water partition coefficient (Wildman–Crippen LogP) is 1.67. The van der Waals surface area contributed by atoms with E-state index in [1.807, 2.05) is 18.9 Å². The lowest BCUT2D eigenvalue weighted by atomic mass is 10.1. The Morgan fingerprint density at radius 3 is 2.17 bits per heavy atom. The molecule has 7 nitrogen and oxygen atoms in total. The summed E-state index contributed by atoms with van der Waals surface area (Å²) in [6.07, 6.45) is 1.92. The van der Waals surface area contributed by atoms with Crippen molar-refractivity contribution in [3.8, 4) is 0 Å². The molecule has 0 aliphatic carbocycles. The van der Waals surface area contributed by atoms with Crippen LogP contribution < -0.4 is 0 Å². The van der Waals surface area contributed by atoms with E-state index in [0.29, 0.717) is 31.1 Å². The first kappa shape index (κ1) is 27.6. The summed E-state index contributed by atoms with van der Waals surface area (Å²) in [5.41, 5.74) is 0. The molecule has 7 heteroatoms. The zero-order valence-electron chi connectivity index (χ0n) is 19.9. The Hall–Kier alpha value is -1.44. The number of carbonyl (C=O) groups is 2. The lowest BCUT2D eigenvalue weighted by molar-refractivity contribution is -0.130. The molecule has 170 valence electrons. The average molecular weight is 413 g/mol. The third kappa shape index (κ3) is 9.28. The maximum absolute atomic E-state index is 11.4. The summed E-state index contributed by atoms with van der Waals surface area (Å²) in [7, 11) is 3.97. The molecule has 0 radical (unpaired) electrons. The largest absolute Gasteiger partial charge is 0.395 e. The van der Waals surface area contributed by atoms with Crippen LogP contribution in [0.2, 0.25) is 0 Å². The van der Waals surface area contributed by atoms with Crippen LogP contribution in [0.4, 0.5) is 0 Å². The van der Waals surface area contributed by atoms with Crippen molar-refractivity contribution in [3.63, 3.8) is 0 Å². The van der Waals surface area contributed by atoms with Gasteiger partial charge < -0.3 is 14.9 Å². The summed E-state index contributed by atoms with van der Waals surface area (Å²) in [6.45, 7) is 19.1. The fourth-order valence-corrected chi connectivity index (χ4v) is 3.45. The number of carbonyl (C=O) groups excluding carboxylic acids is 2. The number of piperazine rings is 1. The minimum atomic E-state index is -0.0446. The highest BCUT2D eigenvalue weighted by atomic mass is 16.3. The lowest BCUT2D eigenvalue weighted by Gasteiger charge is -2.42. The van der Waals surface area contributed by atoms with Crippen molar-refractivity contribution in [1.82, 2.24) is 19.6 Å². The quantitative estimate of drug-likeness (QED) is 0.614. The number of aliphatic hydroxyl groups excluding tert-OH is 1. The van der Waals surface area contributed by atoms with Crippen molar-refractivity contribution in [2.45, 2.75) is 72.1 Å². The third-order valence-corrected chi connectivity index (χ3v) is 5.66.